The molecule has 128 valence electrons. The first-order valence-corrected chi connectivity index (χ1v) is 6.87. The van der Waals surface area contributed by atoms with Crippen LogP contribution in [0.15, 0.2) is 31.1 Å². The SMILES string of the molecule is C=Cc1cnc(OC)c(OC)c1.COc1cc(C=O)cnc1OC. The number of carbonyl (C=O) groups excluding carboxylic acids is 1. The van der Waals surface area contributed by atoms with Gasteiger partial charge in [-0.15, -0.1) is 0 Å². The van der Waals surface area contributed by atoms with Crippen molar-refractivity contribution in [3.05, 3.63) is 42.2 Å². The number of aromatic nitrogens is 2. The maximum atomic E-state index is 10.3. The predicted octanol–water partition coefficient (Wildman–Crippen LogP) is 2.65. The molecule has 24 heavy (non-hydrogen) atoms. The molecule has 0 atom stereocenters. The summed E-state index contributed by atoms with van der Waals surface area (Å²) in [5.74, 6) is 1.95. The van der Waals surface area contributed by atoms with Crippen molar-refractivity contribution in [3.8, 4) is 23.3 Å². The van der Waals surface area contributed by atoms with Gasteiger partial charge in [0.05, 0.1) is 28.4 Å². The summed E-state index contributed by atoms with van der Waals surface area (Å²) in [5.41, 5.74) is 1.38. The molecule has 7 nitrogen and oxygen atoms in total. The molecular formula is C17H20N2O5. The van der Waals surface area contributed by atoms with Gasteiger partial charge in [-0.3, -0.25) is 4.79 Å². The maximum absolute atomic E-state index is 10.3. The van der Waals surface area contributed by atoms with E-state index in [1.54, 1.807) is 32.6 Å². The zero-order valence-electron chi connectivity index (χ0n) is 14.1. The molecule has 0 aliphatic carbocycles. The summed E-state index contributed by atoms with van der Waals surface area (Å²) in [6, 6.07) is 3.39. The Bertz CT molecular complexity index is 629. The molecule has 0 aliphatic heterocycles. The van der Waals surface area contributed by atoms with Gasteiger partial charge in [-0.05, 0) is 17.7 Å². The minimum absolute atomic E-state index is 0.378. The Morgan fingerprint density at radius 1 is 0.833 bits per heavy atom. The van der Waals surface area contributed by atoms with Gasteiger partial charge >= 0.3 is 0 Å². The highest BCUT2D eigenvalue weighted by molar-refractivity contribution is 5.75. The Hall–Kier alpha value is -3.09. The number of ether oxygens (including phenoxy) is 4. The van der Waals surface area contributed by atoms with Crippen molar-refractivity contribution in [1.29, 1.82) is 0 Å². The van der Waals surface area contributed by atoms with E-state index in [2.05, 4.69) is 16.5 Å². The first-order chi connectivity index (χ1) is 11.6. The van der Waals surface area contributed by atoms with Crippen LogP contribution in [0.25, 0.3) is 6.08 Å². The number of hydrogen-bond donors (Lipinski definition) is 0. The molecular weight excluding hydrogens is 312 g/mol. The molecule has 0 aliphatic rings. The van der Waals surface area contributed by atoms with Gasteiger partial charge < -0.3 is 18.9 Å². The van der Waals surface area contributed by atoms with E-state index in [9.17, 15) is 4.79 Å². The van der Waals surface area contributed by atoms with Gasteiger partial charge in [0.1, 0.15) is 0 Å². The third-order valence-electron chi connectivity index (χ3n) is 2.88. The highest BCUT2D eigenvalue weighted by atomic mass is 16.5. The van der Waals surface area contributed by atoms with E-state index in [1.165, 1.54) is 20.4 Å². The number of nitrogens with zero attached hydrogens (tertiary/aromatic N) is 2. The Labute approximate surface area is 140 Å². The lowest BCUT2D eigenvalue weighted by Gasteiger charge is -2.05. The molecule has 0 amide bonds. The molecule has 2 aromatic heterocycles. The smallest absolute Gasteiger partial charge is 0.256 e. The highest BCUT2D eigenvalue weighted by Crippen LogP contribution is 2.24. The van der Waals surface area contributed by atoms with Crippen molar-refractivity contribution < 1.29 is 23.7 Å². The van der Waals surface area contributed by atoms with Gasteiger partial charge in [-0.1, -0.05) is 12.7 Å². The van der Waals surface area contributed by atoms with Crippen molar-refractivity contribution in [2.75, 3.05) is 28.4 Å². The molecule has 0 N–H and O–H groups in total. The standard InChI is InChI=1S/C9H11NO2.C8H9NO3/c1-4-7-5-8(11-2)9(12-3)10-6-7;1-11-7-3-6(5-10)4-9-8(7)12-2/h4-6H,1H2,2-3H3;3-5H,1-2H3. The topological polar surface area (TPSA) is 79.8 Å². The largest absolute Gasteiger partial charge is 0.491 e. The van der Waals surface area contributed by atoms with Crippen molar-refractivity contribution in [2.45, 2.75) is 0 Å². The van der Waals surface area contributed by atoms with Crippen LogP contribution in [0, 0.1) is 0 Å². The van der Waals surface area contributed by atoms with Crippen LogP contribution in [0.5, 0.6) is 23.3 Å². The Morgan fingerprint density at radius 2 is 1.29 bits per heavy atom. The summed E-state index contributed by atoms with van der Waals surface area (Å²) < 4.78 is 19.8. The van der Waals surface area contributed by atoms with Crippen LogP contribution in [-0.2, 0) is 0 Å². The molecule has 0 unspecified atom stereocenters. The molecule has 0 fully saturated rings. The average molecular weight is 332 g/mol. The average Bonchev–Trinajstić information content (AvgIpc) is 2.67. The third kappa shape index (κ3) is 4.98. The molecule has 0 spiro atoms. The summed E-state index contributed by atoms with van der Waals surface area (Å²) >= 11 is 0. The Morgan fingerprint density at radius 3 is 1.67 bits per heavy atom. The maximum Gasteiger partial charge on any atom is 0.256 e. The van der Waals surface area contributed by atoms with E-state index >= 15 is 0 Å². The number of pyridine rings is 2. The zero-order chi connectivity index (χ0) is 17.9. The van der Waals surface area contributed by atoms with Gasteiger partial charge in [0.25, 0.3) is 11.8 Å². The predicted molar refractivity (Wildman–Crippen MR) is 90.2 cm³/mol. The summed E-state index contributed by atoms with van der Waals surface area (Å²) in [6.45, 7) is 3.63. The molecule has 0 saturated carbocycles. The second-order valence-electron chi connectivity index (χ2n) is 4.28. The van der Waals surface area contributed by atoms with Crippen molar-refractivity contribution in [2.24, 2.45) is 0 Å². The molecule has 2 heterocycles. The quantitative estimate of drug-likeness (QED) is 0.752. The van der Waals surface area contributed by atoms with Crippen molar-refractivity contribution >= 4 is 12.4 Å². The molecule has 0 radical (unpaired) electrons. The van der Waals surface area contributed by atoms with E-state index in [0.717, 1.165) is 5.56 Å². The fraction of sp³-hybridized carbons (Fsp3) is 0.235. The zero-order valence-corrected chi connectivity index (χ0v) is 14.1. The molecule has 0 aromatic carbocycles. The van der Waals surface area contributed by atoms with Gasteiger partial charge in [0.15, 0.2) is 17.8 Å². The van der Waals surface area contributed by atoms with Gasteiger partial charge in [0.2, 0.25) is 0 Å². The normalized spacial score (nSPS) is 9.17. The lowest BCUT2D eigenvalue weighted by atomic mass is 10.3. The van der Waals surface area contributed by atoms with E-state index < -0.39 is 0 Å². The minimum atomic E-state index is 0.378. The highest BCUT2D eigenvalue weighted by Gasteiger charge is 2.05. The monoisotopic (exact) mass is 332 g/mol. The van der Waals surface area contributed by atoms with Crippen LogP contribution < -0.4 is 18.9 Å². The fourth-order valence-corrected chi connectivity index (χ4v) is 1.67. The summed E-state index contributed by atoms with van der Waals surface area (Å²) in [4.78, 5) is 18.2. The van der Waals surface area contributed by atoms with Gasteiger partial charge in [0, 0.05) is 18.0 Å². The minimum Gasteiger partial charge on any atom is -0.491 e. The lowest BCUT2D eigenvalue weighted by molar-refractivity contribution is 0.112. The van der Waals surface area contributed by atoms with Gasteiger partial charge in [-0.2, -0.15) is 0 Å². The number of rotatable bonds is 6. The molecule has 2 aromatic rings. The first-order valence-electron chi connectivity index (χ1n) is 6.87. The van der Waals surface area contributed by atoms with Gasteiger partial charge in [-0.25, -0.2) is 9.97 Å². The van der Waals surface area contributed by atoms with Crippen LogP contribution in [0.2, 0.25) is 0 Å². The third-order valence-corrected chi connectivity index (χ3v) is 2.88. The number of carbonyl (C=O) groups is 1. The summed E-state index contributed by atoms with van der Waals surface area (Å²) in [7, 11) is 6.12. The van der Waals surface area contributed by atoms with Crippen LogP contribution in [0.1, 0.15) is 15.9 Å². The van der Waals surface area contributed by atoms with Crippen LogP contribution in [0.4, 0.5) is 0 Å². The molecule has 7 heteroatoms. The van der Waals surface area contributed by atoms with E-state index in [4.69, 9.17) is 18.9 Å². The van der Waals surface area contributed by atoms with E-state index in [-0.39, 0.29) is 0 Å². The second-order valence-corrected chi connectivity index (χ2v) is 4.28. The Kier molecular flexibility index (Phi) is 7.77. The Balaban J connectivity index is 0.000000240. The summed E-state index contributed by atoms with van der Waals surface area (Å²) in [5, 5.41) is 0. The van der Waals surface area contributed by atoms with Crippen LogP contribution >= 0.6 is 0 Å². The van der Waals surface area contributed by atoms with Crippen LogP contribution in [0.3, 0.4) is 0 Å². The second kappa shape index (κ2) is 9.83. The molecule has 0 bridgehead atoms. The number of aldehydes is 1. The number of hydrogen-bond acceptors (Lipinski definition) is 7. The van der Waals surface area contributed by atoms with Crippen molar-refractivity contribution in [3.63, 3.8) is 0 Å². The van der Waals surface area contributed by atoms with Crippen LogP contribution in [-0.4, -0.2) is 44.7 Å². The summed E-state index contributed by atoms with van der Waals surface area (Å²) in [6.07, 6.45) is 5.51. The number of methoxy groups -OCH3 is 4. The van der Waals surface area contributed by atoms with E-state index in [0.29, 0.717) is 35.1 Å². The van der Waals surface area contributed by atoms with Crippen molar-refractivity contribution in [1.82, 2.24) is 9.97 Å². The molecule has 2 rings (SSSR count). The molecule has 0 saturated heterocycles. The first kappa shape index (κ1) is 19.0. The fourth-order valence-electron chi connectivity index (χ4n) is 1.67. The lowest BCUT2D eigenvalue weighted by Crippen LogP contribution is -1.94. The van der Waals surface area contributed by atoms with E-state index in [1.807, 2.05) is 6.07 Å².